The lowest BCUT2D eigenvalue weighted by Crippen LogP contribution is -2.45. The smallest absolute Gasteiger partial charge is 0.329 e. The predicted molar refractivity (Wildman–Crippen MR) is 352 cm³/mol. The van der Waals surface area contributed by atoms with E-state index in [9.17, 15) is 52.7 Å². The molecule has 0 aromatic heterocycles. The highest BCUT2D eigenvalue weighted by atomic mass is 16.7. The van der Waals surface area contributed by atoms with E-state index in [-0.39, 0.29) is 142 Å². The number of carbonyl (C=O) groups is 11. The van der Waals surface area contributed by atoms with Crippen molar-refractivity contribution in [2.75, 3.05) is 26.4 Å². The summed E-state index contributed by atoms with van der Waals surface area (Å²) in [6.07, 6.45) is 10.4. The molecular formula is C73H116N2O18. The van der Waals surface area contributed by atoms with E-state index in [0.29, 0.717) is 103 Å². The van der Waals surface area contributed by atoms with Gasteiger partial charge in [-0.15, -0.1) is 0 Å². The van der Waals surface area contributed by atoms with Crippen molar-refractivity contribution in [3.8, 4) is 0 Å². The van der Waals surface area contributed by atoms with Gasteiger partial charge in [0.15, 0.2) is 12.2 Å². The summed E-state index contributed by atoms with van der Waals surface area (Å²) in [5.41, 5.74) is 0.956. The average Bonchev–Trinajstić information content (AvgIpc) is 1.65. The maximum absolute atomic E-state index is 13.6. The van der Waals surface area contributed by atoms with Gasteiger partial charge < -0.3 is 48.6 Å². The molecule has 0 aliphatic carbocycles. The summed E-state index contributed by atoms with van der Waals surface area (Å²) >= 11 is 0. The number of fused-ring (bicyclic) bond motifs is 1. The van der Waals surface area contributed by atoms with Crippen LogP contribution in [0, 0.1) is 41.4 Å². The van der Waals surface area contributed by atoms with Gasteiger partial charge >= 0.3 is 29.8 Å². The van der Waals surface area contributed by atoms with Gasteiger partial charge in [0.1, 0.15) is 54.0 Å². The van der Waals surface area contributed by atoms with E-state index >= 15 is 0 Å². The zero-order valence-corrected chi connectivity index (χ0v) is 58.1. The topological polar surface area (TPSA) is 276 Å². The van der Waals surface area contributed by atoms with Crippen LogP contribution in [0.3, 0.4) is 0 Å². The molecule has 2 saturated heterocycles. The van der Waals surface area contributed by atoms with Crippen LogP contribution in [-0.2, 0) is 92.5 Å². The Bertz CT molecular complexity index is 2440. The van der Waals surface area contributed by atoms with Gasteiger partial charge in [-0.25, -0.2) is 9.59 Å². The van der Waals surface area contributed by atoms with Crippen LogP contribution in [0.1, 0.15) is 255 Å². The fourth-order valence-electron chi connectivity index (χ4n) is 11.8. The van der Waals surface area contributed by atoms with Crippen molar-refractivity contribution in [3.63, 3.8) is 0 Å². The lowest BCUT2D eigenvalue weighted by atomic mass is 9.91. The number of unbranched alkanes of at least 4 members (excludes halogenated alkanes) is 8. The fraction of sp³-hybridized carbons (Fsp3) is 0.767. The Hall–Kier alpha value is -5.89. The molecule has 93 heavy (non-hydrogen) atoms. The van der Waals surface area contributed by atoms with E-state index in [1.54, 1.807) is 0 Å². The zero-order chi connectivity index (χ0) is 68.7. The maximum Gasteiger partial charge on any atom is 0.329 e. The first kappa shape index (κ1) is 81.3. The average molecular weight is 1310 g/mol. The summed E-state index contributed by atoms with van der Waals surface area (Å²) in [7, 11) is 0. The molecule has 2 amide bonds. The van der Waals surface area contributed by atoms with Crippen LogP contribution in [0.15, 0.2) is 30.3 Å². The molecule has 0 bridgehead atoms. The van der Waals surface area contributed by atoms with Crippen LogP contribution < -0.4 is 10.6 Å². The first-order chi connectivity index (χ1) is 44.3. The van der Waals surface area contributed by atoms with Crippen LogP contribution in [0.5, 0.6) is 0 Å². The quantitative estimate of drug-likeness (QED) is 0.0348. The molecule has 526 valence electrons. The number of hydrogen-bond donors (Lipinski definition) is 2. The molecule has 9 atom stereocenters. The van der Waals surface area contributed by atoms with Crippen LogP contribution in [0.25, 0.3) is 0 Å². The summed E-state index contributed by atoms with van der Waals surface area (Å²) in [6, 6.07) is 7.88. The van der Waals surface area contributed by atoms with Crippen LogP contribution in [-0.4, -0.2) is 128 Å². The number of carbonyl (C=O) groups excluding carboxylic acids is 11. The van der Waals surface area contributed by atoms with Gasteiger partial charge in [-0.1, -0.05) is 105 Å². The molecule has 2 heterocycles. The molecule has 0 spiro atoms. The Morgan fingerprint density at radius 3 is 1.33 bits per heavy atom. The van der Waals surface area contributed by atoms with Gasteiger partial charge in [0.2, 0.25) is 11.8 Å². The first-order valence-corrected chi connectivity index (χ1v) is 35.2. The molecule has 1 aromatic carbocycles. The number of ketones is 4. The van der Waals surface area contributed by atoms with Crippen molar-refractivity contribution >= 4 is 64.8 Å². The van der Waals surface area contributed by atoms with E-state index in [0.717, 1.165) is 44.1 Å². The molecule has 0 radical (unpaired) electrons. The number of Topliss-reactive ketones (excluding diaryl/α,β-unsaturated/α-hetero) is 4. The molecule has 7 unspecified atom stereocenters. The second-order valence-corrected chi connectivity index (χ2v) is 27.6. The normalized spacial score (nSPS) is 17.7. The number of benzene rings is 1. The van der Waals surface area contributed by atoms with Crippen LogP contribution in [0.4, 0.5) is 0 Å². The summed E-state index contributed by atoms with van der Waals surface area (Å²) < 4.78 is 40.4. The van der Waals surface area contributed by atoms with E-state index in [2.05, 4.69) is 10.6 Å². The highest BCUT2D eigenvalue weighted by Gasteiger charge is 2.52. The molecule has 1 aromatic rings. The second kappa shape index (κ2) is 46.3. The van der Waals surface area contributed by atoms with Gasteiger partial charge in [-0.3, -0.25) is 38.4 Å². The molecule has 3 rings (SSSR count). The lowest BCUT2D eigenvalue weighted by Gasteiger charge is -2.23. The van der Waals surface area contributed by atoms with Crippen molar-refractivity contribution in [1.29, 1.82) is 0 Å². The standard InChI is InChI=1S/C73H116N2O18/c1-11-55(69(82)91-46-54-29-16-14-17-30-54)31-18-15-19-32-58(77)33-22-24-36-65(80)74-61(42-51(6)7)72(85)88-39-27-13-12-26-38-87-70(83)56(40-49(2)3)44-59(78)35-23-25-37-66(81)75-62(43-52(8)9)73(86)93-64-48-90-67-63(47-89-68(64)67)92-71(84)57(41-50(4)5)45-60(79)34-21-20-28-53(10)76/h14,16-17,29-30,49-52,55-57,61-64,67-68H,11-13,15,18-28,31-48H2,1-10H3,(H,74,80)(H,75,81)/t55?,56?,57?,61?,62?,63-,64+,67?,68?/m1/s1. The van der Waals surface area contributed by atoms with Crippen LogP contribution >= 0.6 is 0 Å². The Morgan fingerprint density at radius 1 is 0.441 bits per heavy atom. The molecule has 2 aliphatic rings. The Kier molecular flexibility index (Phi) is 40.5. The third-order valence-corrected chi connectivity index (χ3v) is 16.8. The number of amides is 2. The monoisotopic (exact) mass is 1310 g/mol. The fourth-order valence-corrected chi connectivity index (χ4v) is 11.8. The molecule has 2 N–H and O–H groups in total. The number of hydrogen-bond acceptors (Lipinski definition) is 18. The van der Waals surface area contributed by atoms with Crippen molar-refractivity contribution in [3.05, 3.63) is 35.9 Å². The Balaban J connectivity index is 1.29. The van der Waals surface area contributed by atoms with Crippen molar-refractivity contribution in [1.82, 2.24) is 10.6 Å². The summed E-state index contributed by atoms with van der Waals surface area (Å²) in [5.74, 6) is -3.76. The van der Waals surface area contributed by atoms with E-state index in [1.165, 1.54) is 6.92 Å². The highest BCUT2D eigenvalue weighted by Crippen LogP contribution is 2.33. The van der Waals surface area contributed by atoms with E-state index in [4.69, 9.17) is 33.2 Å². The van der Waals surface area contributed by atoms with Crippen LogP contribution in [0.2, 0.25) is 0 Å². The molecule has 2 fully saturated rings. The molecule has 20 heteroatoms. The Labute approximate surface area is 555 Å². The summed E-state index contributed by atoms with van der Waals surface area (Å²) in [5, 5.41) is 5.66. The number of ether oxygens (including phenoxy) is 7. The zero-order valence-electron chi connectivity index (χ0n) is 58.1. The minimum atomic E-state index is -0.951. The summed E-state index contributed by atoms with van der Waals surface area (Å²) in [4.78, 5) is 142. The SMILES string of the molecule is CCC(CCCCCC(=O)CCCCC(=O)NC(CC(C)C)C(=O)OCCCCCCOC(=O)C(CC(=O)CCCCC(=O)NC(CC(C)C)C(=O)O[C@H]1COC2C1OC[C@H]2OC(=O)C(CC(=O)CCCCC(C)=O)CC(C)C)CC(C)C)C(=O)OCc1ccccc1. The number of nitrogens with one attached hydrogen (secondary N) is 2. The molecular weight excluding hydrogens is 1190 g/mol. The molecule has 0 saturated carbocycles. The van der Waals surface area contributed by atoms with Crippen molar-refractivity contribution in [2.24, 2.45) is 41.4 Å². The van der Waals surface area contributed by atoms with Crippen molar-refractivity contribution < 1.29 is 85.9 Å². The lowest BCUT2D eigenvalue weighted by molar-refractivity contribution is -0.161. The summed E-state index contributed by atoms with van der Waals surface area (Å²) in [6.45, 7) is 19.8. The van der Waals surface area contributed by atoms with E-state index < -0.39 is 72.2 Å². The third-order valence-electron chi connectivity index (χ3n) is 16.8. The van der Waals surface area contributed by atoms with Crippen molar-refractivity contribution in [2.45, 2.75) is 292 Å². The number of rotatable bonds is 52. The maximum atomic E-state index is 13.6. The predicted octanol–water partition coefficient (Wildman–Crippen LogP) is 12.1. The molecule has 2 aliphatic heterocycles. The first-order valence-electron chi connectivity index (χ1n) is 35.2. The molecule has 20 nitrogen and oxygen atoms in total. The largest absolute Gasteiger partial charge is 0.465 e. The van der Waals surface area contributed by atoms with Gasteiger partial charge in [0, 0.05) is 57.8 Å². The minimum absolute atomic E-state index is 0.00314. The van der Waals surface area contributed by atoms with E-state index in [1.807, 2.05) is 92.6 Å². The number of esters is 5. The minimum Gasteiger partial charge on any atom is -0.465 e. The Morgan fingerprint density at radius 2 is 0.849 bits per heavy atom. The van der Waals surface area contributed by atoms with Gasteiger partial charge in [0.05, 0.1) is 44.2 Å². The second-order valence-electron chi connectivity index (χ2n) is 27.6. The van der Waals surface area contributed by atoms with Gasteiger partial charge in [-0.05, 0) is 145 Å². The third kappa shape index (κ3) is 35.4. The highest BCUT2D eigenvalue weighted by molar-refractivity contribution is 5.87. The van der Waals surface area contributed by atoms with Gasteiger partial charge in [0.25, 0.3) is 0 Å². The van der Waals surface area contributed by atoms with Gasteiger partial charge in [-0.2, -0.15) is 0 Å².